The second-order valence-electron chi connectivity index (χ2n) is 9.15. The summed E-state index contributed by atoms with van der Waals surface area (Å²) in [4.78, 5) is 20.3. The molecule has 3 nitrogen and oxygen atoms in total. The first kappa shape index (κ1) is 23.0. The van der Waals surface area contributed by atoms with Gasteiger partial charge in [0.25, 0.3) is 5.91 Å². The van der Waals surface area contributed by atoms with E-state index in [2.05, 4.69) is 54.6 Å². The van der Waals surface area contributed by atoms with Gasteiger partial charge in [0, 0.05) is 18.7 Å². The van der Waals surface area contributed by atoms with Gasteiger partial charge in [0.1, 0.15) is 11.5 Å². The maximum absolute atomic E-state index is 13.7. The Balaban J connectivity index is 1.49. The average molecular weight is 465 g/mol. The predicted octanol–water partition coefficient (Wildman–Crippen LogP) is 6.42. The molecule has 0 aliphatic carbocycles. The summed E-state index contributed by atoms with van der Waals surface area (Å²) >= 11 is 0. The Hall–Kier alpha value is -3.79. The van der Waals surface area contributed by atoms with Crippen molar-refractivity contribution in [3.63, 3.8) is 0 Å². The fourth-order valence-electron chi connectivity index (χ4n) is 4.96. The van der Waals surface area contributed by atoms with E-state index < -0.39 is 0 Å². The third-order valence-electron chi connectivity index (χ3n) is 6.76. The van der Waals surface area contributed by atoms with E-state index >= 15 is 0 Å². The van der Waals surface area contributed by atoms with E-state index in [9.17, 15) is 9.18 Å². The van der Waals surface area contributed by atoms with E-state index in [-0.39, 0.29) is 11.7 Å². The number of aliphatic imine (C=N–C) groups is 1. The van der Waals surface area contributed by atoms with E-state index in [4.69, 9.17) is 4.99 Å². The van der Waals surface area contributed by atoms with Crippen molar-refractivity contribution in [2.24, 2.45) is 4.99 Å². The number of carbonyl (C=O) groups excluding carboxylic acids is 1. The van der Waals surface area contributed by atoms with Crippen molar-refractivity contribution in [1.29, 1.82) is 0 Å². The highest BCUT2D eigenvalue weighted by Crippen LogP contribution is 2.30. The van der Waals surface area contributed by atoms with E-state index in [1.165, 1.54) is 34.4 Å². The maximum Gasteiger partial charge on any atom is 0.272 e. The van der Waals surface area contributed by atoms with Crippen LogP contribution in [0.4, 0.5) is 4.39 Å². The van der Waals surface area contributed by atoms with Crippen molar-refractivity contribution in [3.05, 3.63) is 125 Å². The topological polar surface area (TPSA) is 32.7 Å². The summed E-state index contributed by atoms with van der Waals surface area (Å²) < 4.78 is 13.7. The van der Waals surface area contributed by atoms with Crippen molar-refractivity contribution in [1.82, 2.24) is 4.90 Å². The molecule has 0 saturated carbocycles. The minimum atomic E-state index is -0.296. The van der Waals surface area contributed by atoms with Crippen LogP contribution >= 0.6 is 0 Å². The minimum Gasteiger partial charge on any atom is -0.305 e. The third kappa shape index (κ3) is 5.48. The number of allylic oxidation sites excluding steroid dienone is 2. The Bertz CT molecular complexity index is 1290. The highest BCUT2D eigenvalue weighted by Gasteiger charge is 2.29. The van der Waals surface area contributed by atoms with Crippen LogP contribution in [0.5, 0.6) is 0 Å². The lowest BCUT2D eigenvalue weighted by Crippen LogP contribution is -2.42. The van der Waals surface area contributed by atoms with Gasteiger partial charge in [0.2, 0.25) is 0 Å². The maximum atomic E-state index is 13.7. The molecule has 3 aromatic rings. The van der Waals surface area contributed by atoms with Crippen molar-refractivity contribution in [3.8, 4) is 0 Å². The molecule has 4 heteroatoms. The fraction of sp³-hybridized carbons (Fsp3) is 0.226. The average Bonchev–Trinajstić information content (AvgIpc) is 2.97. The molecule has 0 atom stereocenters. The first-order chi connectivity index (χ1) is 17.2. The largest absolute Gasteiger partial charge is 0.305 e. The van der Waals surface area contributed by atoms with Gasteiger partial charge in [-0.3, -0.25) is 9.79 Å². The standard InChI is InChI=1S/C31H29FN2O/c32-28-16-7-11-24(20-28)21-29-31(35)34-18-17-26(25-12-5-2-6-13-25)14-8-15-27(30(34)22-33-29)19-23-9-3-1-4-10-23/h1-7,9-13,16-17,20H,8,14-15,18-19,21-22H2/b26-17+,30-27+. The predicted molar refractivity (Wildman–Crippen MR) is 140 cm³/mol. The van der Waals surface area contributed by atoms with Crippen molar-refractivity contribution < 1.29 is 9.18 Å². The van der Waals surface area contributed by atoms with E-state index in [0.29, 0.717) is 25.2 Å². The van der Waals surface area contributed by atoms with Crippen LogP contribution in [0.15, 0.2) is 107 Å². The number of amides is 1. The summed E-state index contributed by atoms with van der Waals surface area (Å²) in [5.41, 5.74) is 7.28. The van der Waals surface area contributed by atoms with Gasteiger partial charge in [0.15, 0.2) is 0 Å². The van der Waals surface area contributed by atoms with Gasteiger partial charge in [-0.05, 0) is 65.7 Å². The van der Waals surface area contributed by atoms with Crippen LogP contribution in [-0.2, 0) is 17.6 Å². The Morgan fingerprint density at radius 1 is 0.829 bits per heavy atom. The molecular formula is C31H29FN2O. The van der Waals surface area contributed by atoms with Crippen LogP contribution in [0.1, 0.15) is 36.0 Å². The van der Waals surface area contributed by atoms with Gasteiger partial charge in [-0.2, -0.15) is 0 Å². The Labute approximate surface area is 206 Å². The summed E-state index contributed by atoms with van der Waals surface area (Å²) in [6.45, 7) is 0.992. The molecule has 0 unspecified atom stereocenters. The quantitative estimate of drug-likeness (QED) is 0.429. The van der Waals surface area contributed by atoms with Crippen LogP contribution < -0.4 is 0 Å². The molecule has 3 aromatic carbocycles. The minimum absolute atomic E-state index is 0.0772. The van der Waals surface area contributed by atoms with Crippen molar-refractivity contribution in [2.45, 2.75) is 32.1 Å². The summed E-state index contributed by atoms with van der Waals surface area (Å²) in [5, 5.41) is 0. The lowest BCUT2D eigenvalue weighted by Gasteiger charge is -2.31. The zero-order valence-corrected chi connectivity index (χ0v) is 19.8. The number of fused-ring (bicyclic) bond motifs is 1. The van der Waals surface area contributed by atoms with E-state index in [0.717, 1.165) is 36.9 Å². The molecule has 35 heavy (non-hydrogen) atoms. The fourth-order valence-corrected chi connectivity index (χ4v) is 4.96. The van der Waals surface area contributed by atoms with Gasteiger partial charge in [0.05, 0.1) is 6.54 Å². The Morgan fingerprint density at radius 3 is 2.34 bits per heavy atom. The third-order valence-corrected chi connectivity index (χ3v) is 6.76. The summed E-state index contributed by atoms with van der Waals surface area (Å²) in [5.74, 6) is -0.373. The first-order valence-electron chi connectivity index (χ1n) is 12.3. The number of halogens is 1. The molecule has 0 aromatic heterocycles. The zero-order valence-electron chi connectivity index (χ0n) is 19.8. The lowest BCUT2D eigenvalue weighted by molar-refractivity contribution is -0.122. The van der Waals surface area contributed by atoms with Gasteiger partial charge in [-0.25, -0.2) is 4.39 Å². The monoisotopic (exact) mass is 464 g/mol. The summed E-state index contributed by atoms with van der Waals surface area (Å²) in [6.07, 6.45) is 6.26. The molecule has 2 aliphatic rings. The molecule has 2 heterocycles. The normalized spacial score (nSPS) is 20.1. The van der Waals surface area contributed by atoms with Crippen molar-refractivity contribution >= 4 is 17.2 Å². The highest BCUT2D eigenvalue weighted by molar-refractivity contribution is 6.40. The zero-order chi connectivity index (χ0) is 24.0. The summed E-state index contributed by atoms with van der Waals surface area (Å²) in [6, 6.07) is 27.3. The first-order valence-corrected chi connectivity index (χ1v) is 12.3. The van der Waals surface area contributed by atoms with Crippen LogP contribution in [0.25, 0.3) is 5.57 Å². The highest BCUT2D eigenvalue weighted by atomic mass is 19.1. The van der Waals surface area contributed by atoms with Crippen LogP contribution in [0.3, 0.4) is 0 Å². The van der Waals surface area contributed by atoms with Gasteiger partial charge in [-0.15, -0.1) is 0 Å². The number of nitrogens with zero attached hydrogens (tertiary/aromatic N) is 2. The molecule has 176 valence electrons. The SMILES string of the molecule is O=C1C(Cc2cccc(F)c2)=NC/C2=C(\Cc3ccccc3)CCC/C(c3ccccc3)=C\CN12. The smallest absolute Gasteiger partial charge is 0.272 e. The molecule has 0 fully saturated rings. The molecule has 0 N–H and O–H groups in total. The number of hydrogen-bond acceptors (Lipinski definition) is 2. The van der Waals surface area contributed by atoms with Crippen LogP contribution in [-0.4, -0.2) is 29.6 Å². The molecular weight excluding hydrogens is 435 g/mol. The van der Waals surface area contributed by atoms with Crippen molar-refractivity contribution in [2.75, 3.05) is 13.1 Å². The van der Waals surface area contributed by atoms with E-state index in [1.807, 2.05) is 23.1 Å². The van der Waals surface area contributed by atoms with E-state index in [1.54, 1.807) is 6.07 Å². The van der Waals surface area contributed by atoms with Crippen LogP contribution in [0.2, 0.25) is 0 Å². The lowest BCUT2D eigenvalue weighted by atomic mass is 9.94. The number of benzene rings is 3. The molecule has 2 aliphatic heterocycles. The number of rotatable bonds is 5. The second-order valence-corrected chi connectivity index (χ2v) is 9.15. The van der Waals surface area contributed by atoms with Gasteiger partial charge in [-0.1, -0.05) is 78.9 Å². The van der Waals surface area contributed by atoms with Gasteiger partial charge < -0.3 is 4.90 Å². The Morgan fingerprint density at radius 2 is 1.57 bits per heavy atom. The molecule has 0 bridgehead atoms. The molecule has 0 radical (unpaired) electrons. The second kappa shape index (κ2) is 10.6. The van der Waals surface area contributed by atoms with Crippen LogP contribution in [0, 0.1) is 5.82 Å². The number of carbonyl (C=O) groups is 1. The summed E-state index contributed by atoms with van der Waals surface area (Å²) in [7, 11) is 0. The molecule has 0 saturated heterocycles. The molecule has 1 amide bonds. The number of hydrogen-bond donors (Lipinski definition) is 0. The molecule has 5 rings (SSSR count). The van der Waals surface area contributed by atoms with Gasteiger partial charge >= 0.3 is 0 Å². The molecule has 0 spiro atoms. The Kier molecular flexibility index (Phi) is 6.99.